The molecule has 2 amide bonds. The van der Waals surface area contributed by atoms with Crippen molar-refractivity contribution in [3.8, 4) is 11.3 Å². The maximum absolute atomic E-state index is 12.7. The van der Waals surface area contributed by atoms with E-state index < -0.39 is 17.1 Å². The molecule has 1 aliphatic rings. The maximum Gasteiger partial charge on any atom is 0.373 e. The number of Topliss-reactive ketones (excluding diaryl/α,β-unsaturated/α-hetero) is 1. The zero-order valence-electron chi connectivity index (χ0n) is 17.1. The Balaban J connectivity index is 1.49. The lowest BCUT2D eigenvalue weighted by molar-refractivity contribution is -0.123. The number of hydrogen-bond acceptors (Lipinski definition) is 8. The van der Waals surface area contributed by atoms with Crippen molar-refractivity contribution in [2.24, 2.45) is 0 Å². The highest BCUT2D eigenvalue weighted by Crippen LogP contribution is 2.34. The number of ether oxygens (including phenoxy) is 1. The lowest BCUT2D eigenvalue weighted by Crippen LogP contribution is -2.27. The second-order valence-electron chi connectivity index (χ2n) is 6.86. The van der Waals surface area contributed by atoms with Gasteiger partial charge in [0.05, 0.1) is 18.6 Å². The molecule has 1 fully saturated rings. The van der Waals surface area contributed by atoms with E-state index >= 15 is 0 Å². The molecule has 8 nitrogen and oxygen atoms in total. The molecule has 1 saturated heterocycles. The second kappa shape index (κ2) is 8.72. The number of rotatable bonds is 6. The minimum atomic E-state index is -0.644. The van der Waals surface area contributed by atoms with Crippen LogP contribution in [0.4, 0.5) is 4.79 Å². The highest BCUT2D eigenvalue weighted by atomic mass is 32.2. The molecule has 0 atom stereocenters. The molecular weight excluding hydrogens is 434 g/mol. The molecule has 0 spiro atoms. The van der Waals surface area contributed by atoms with Gasteiger partial charge in [-0.3, -0.25) is 19.3 Å². The van der Waals surface area contributed by atoms with Crippen LogP contribution in [0.25, 0.3) is 17.4 Å². The van der Waals surface area contributed by atoms with Crippen molar-refractivity contribution in [3.05, 3.63) is 76.3 Å². The van der Waals surface area contributed by atoms with Crippen molar-refractivity contribution in [3.63, 3.8) is 0 Å². The fourth-order valence-corrected chi connectivity index (χ4v) is 3.87. The number of amides is 2. The van der Waals surface area contributed by atoms with Crippen molar-refractivity contribution < 1.29 is 32.7 Å². The smallest absolute Gasteiger partial charge is 0.373 e. The van der Waals surface area contributed by atoms with Crippen LogP contribution in [0.2, 0.25) is 0 Å². The van der Waals surface area contributed by atoms with Crippen molar-refractivity contribution in [2.75, 3.05) is 7.11 Å². The van der Waals surface area contributed by atoms with E-state index in [0.29, 0.717) is 17.1 Å². The molecule has 0 aliphatic carbocycles. The monoisotopic (exact) mass is 451 g/mol. The fourth-order valence-electron chi connectivity index (χ4n) is 3.05. The van der Waals surface area contributed by atoms with Crippen molar-refractivity contribution in [1.29, 1.82) is 0 Å². The normalized spacial score (nSPS) is 14.9. The summed E-state index contributed by atoms with van der Waals surface area (Å²) < 4.78 is 15.7. The zero-order chi connectivity index (χ0) is 22.8. The van der Waals surface area contributed by atoms with Gasteiger partial charge in [0, 0.05) is 17.2 Å². The minimum absolute atomic E-state index is 0.00976. The molecule has 0 radical (unpaired) electrons. The van der Waals surface area contributed by atoms with Gasteiger partial charge in [-0.2, -0.15) is 0 Å². The number of benzene rings is 1. The lowest BCUT2D eigenvalue weighted by Gasteiger charge is -2.09. The molecule has 3 heterocycles. The Bertz CT molecular complexity index is 1250. The highest BCUT2D eigenvalue weighted by molar-refractivity contribution is 8.18. The van der Waals surface area contributed by atoms with Crippen molar-refractivity contribution in [2.45, 2.75) is 13.5 Å². The average Bonchev–Trinajstić information content (AvgIpc) is 3.50. The first-order valence-electron chi connectivity index (χ1n) is 9.49. The number of hydrogen-bond donors (Lipinski definition) is 0. The minimum Gasteiger partial charge on any atom is -0.463 e. The molecule has 0 unspecified atom stereocenters. The van der Waals surface area contributed by atoms with Gasteiger partial charge in [0.15, 0.2) is 5.78 Å². The fraction of sp³-hybridized carbons (Fsp3) is 0.130. The number of carbonyl (C=O) groups excluding carboxylic acids is 4. The number of imide groups is 1. The molecule has 0 N–H and O–H groups in total. The second-order valence-corrected chi connectivity index (χ2v) is 7.85. The Kier molecular flexibility index (Phi) is 5.83. The molecule has 9 heteroatoms. The number of furan rings is 2. The summed E-state index contributed by atoms with van der Waals surface area (Å²) in [6.07, 6.45) is 1.50. The van der Waals surface area contributed by atoms with E-state index in [1.54, 1.807) is 36.4 Å². The van der Waals surface area contributed by atoms with E-state index in [0.717, 1.165) is 22.2 Å². The SMILES string of the molecule is COC(=O)c1ccc(CN2C(=O)SC(=Cc3ccc(-c4ccc(C(C)=O)cc4)o3)C2=O)o1. The Morgan fingerprint density at radius 2 is 1.78 bits per heavy atom. The van der Waals surface area contributed by atoms with Crippen LogP contribution in [0.5, 0.6) is 0 Å². The number of thioether (sulfide) groups is 1. The zero-order valence-corrected chi connectivity index (χ0v) is 17.9. The standard InChI is InChI=1S/C23H17NO7S/c1-13(25)14-3-5-15(6-4-14)18-9-7-16(30-18)11-20-21(26)24(23(28)32-20)12-17-8-10-19(31-17)22(27)29-2/h3-11H,12H2,1-2H3. The quantitative estimate of drug-likeness (QED) is 0.300. The molecule has 3 aromatic rings. The highest BCUT2D eigenvalue weighted by Gasteiger charge is 2.36. The van der Waals surface area contributed by atoms with E-state index in [-0.39, 0.29) is 28.8 Å². The largest absolute Gasteiger partial charge is 0.463 e. The average molecular weight is 451 g/mol. The molecule has 4 rings (SSSR count). The van der Waals surface area contributed by atoms with Gasteiger partial charge in [0.2, 0.25) is 5.76 Å². The maximum atomic E-state index is 12.7. The molecule has 162 valence electrons. The summed E-state index contributed by atoms with van der Waals surface area (Å²) in [4.78, 5) is 49.2. The Morgan fingerprint density at radius 1 is 1.03 bits per heavy atom. The van der Waals surface area contributed by atoms with Crippen LogP contribution < -0.4 is 0 Å². The third-order valence-corrected chi connectivity index (χ3v) is 5.62. The summed E-state index contributed by atoms with van der Waals surface area (Å²) in [6, 6.07) is 13.3. The topological polar surface area (TPSA) is 107 Å². The molecule has 1 aliphatic heterocycles. The van der Waals surface area contributed by atoms with Gasteiger partial charge < -0.3 is 13.6 Å². The summed E-state index contributed by atoms with van der Waals surface area (Å²) in [5.41, 5.74) is 1.38. The van der Waals surface area contributed by atoms with Gasteiger partial charge in [-0.05, 0) is 43.0 Å². The van der Waals surface area contributed by atoms with Gasteiger partial charge in [-0.1, -0.05) is 24.3 Å². The number of nitrogens with zero attached hydrogens (tertiary/aromatic N) is 1. The van der Waals surface area contributed by atoms with Crippen LogP contribution in [-0.4, -0.2) is 34.9 Å². The van der Waals surface area contributed by atoms with E-state index in [9.17, 15) is 19.2 Å². The Morgan fingerprint density at radius 3 is 2.47 bits per heavy atom. The predicted molar refractivity (Wildman–Crippen MR) is 116 cm³/mol. The Labute approximate surface area is 186 Å². The molecule has 0 saturated carbocycles. The van der Waals surface area contributed by atoms with Gasteiger partial charge in [0.1, 0.15) is 17.3 Å². The summed E-state index contributed by atoms with van der Waals surface area (Å²) in [5.74, 6) is 0.0921. The first kappa shape index (κ1) is 21.4. The van der Waals surface area contributed by atoms with Crippen molar-refractivity contribution in [1.82, 2.24) is 4.90 Å². The summed E-state index contributed by atoms with van der Waals surface area (Å²) in [6.45, 7) is 1.39. The van der Waals surface area contributed by atoms with Gasteiger partial charge in [0.25, 0.3) is 11.1 Å². The summed E-state index contributed by atoms with van der Waals surface area (Å²) >= 11 is 0.791. The number of esters is 1. The molecule has 2 aromatic heterocycles. The Hall–Kier alpha value is -3.85. The van der Waals surface area contributed by atoms with E-state index in [4.69, 9.17) is 8.83 Å². The van der Waals surface area contributed by atoms with Crippen molar-refractivity contribution >= 4 is 40.7 Å². The number of methoxy groups -OCH3 is 1. The first-order chi connectivity index (χ1) is 15.4. The van der Waals surface area contributed by atoms with Crippen LogP contribution in [0, 0.1) is 0 Å². The van der Waals surface area contributed by atoms with Crippen LogP contribution in [0.3, 0.4) is 0 Å². The van der Waals surface area contributed by atoms with Gasteiger partial charge in [-0.15, -0.1) is 0 Å². The van der Waals surface area contributed by atoms with Crippen LogP contribution in [0.1, 0.15) is 39.4 Å². The summed E-state index contributed by atoms with van der Waals surface area (Å²) in [7, 11) is 1.23. The molecule has 0 bridgehead atoms. The lowest BCUT2D eigenvalue weighted by atomic mass is 10.1. The third-order valence-electron chi connectivity index (χ3n) is 4.71. The predicted octanol–water partition coefficient (Wildman–Crippen LogP) is 4.77. The summed E-state index contributed by atoms with van der Waals surface area (Å²) in [5, 5.41) is -0.455. The number of carbonyl (C=O) groups is 4. The van der Waals surface area contributed by atoms with Crippen LogP contribution in [0.15, 0.2) is 62.3 Å². The molecular formula is C23H17NO7S. The van der Waals surface area contributed by atoms with E-state index in [2.05, 4.69) is 4.74 Å². The van der Waals surface area contributed by atoms with Gasteiger partial charge >= 0.3 is 5.97 Å². The molecule has 32 heavy (non-hydrogen) atoms. The van der Waals surface area contributed by atoms with Gasteiger partial charge in [-0.25, -0.2) is 4.79 Å². The van der Waals surface area contributed by atoms with E-state index in [1.807, 2.05) is 0 Å². The third kappa shape index (κ3) is 4.28. The number of ketones is 1. The van der Waals surface area contributed by atoms with E-state index in [1.165, 1.54) is 32.2 Å². The molecule has 1 aromatic carbocycles. The first-order valence-corrected chi connectivity index (χ1v) is 10.3. The van der Waals surface area contributed by atoms with Crippen LogP contribution in [-0.2, 0) is 16.1 Å². The van der Waals surface area contributed by atoms with Crippen LogP contribution >= 0.6 is 11.8 Å².